The average Bonchev–Trinajstić information content (AvgIpc) is 2.72. The Hall–Kier alpha value is -2.54. The molecule has 2 heterocycles. The van der Waals surface area contributed by atoms with Crippen LogP contribution in [0.1, 0.15) is 5.56 Å². The van der Waals surface area contributed by atoms with E-state index >= 15 is 0 Å². The summed E-state index contributed by atoms with van der Waals surface area (Å²) in [6.07, 6.45) is -0.671. The molecule has 1 saturated heterocycles. The van der Waals surface area contributed by atoms with Crippen molar-refractivity contribution >= 4 is 10.8 Å². The number of ether oxygens (including phenoxy) is 1. The zero-order valence-electron chi connectivity index (χ0n) is 16.0. The van der Waals surface area contributed by atoms with E-state index in [0.29, 0.717) is 25.1 Å². The van der Waals surface area contributed by atoms with Crippen molar-refractivity contribution in [3.05, 3.63) is 64.4 Å². The van der Waals surface area contributed by atoms with E-state index in [1.165, 1.54) is 10.2 Å². The van der Waals surface area contributed by atoms with Gasteiger partial charge in [-0.1, -0.05) is 48.0 Å². The number of fused-ring (bicyclic) bond motifs is 1. The highest BCUT2D eigenvalue weighted by Gasteiger charge is 2.18. The van der Waals surface area contributed by atoms with Crippen LogP contribution in [0.25, 0.3) is 22.0 Å². The summed E-state index contributed by atoms with van der Waals surface area (Å²) in [7, 11) is 0. The summed E-state index contributed by atoms with van der Waals surface area (Å²) in [6.45, 7) is 5.66. The lowest BCUT2D eigenvalue weighted by Crippen LogP contribution is -2.43. The van der Waals surface area contributed by atoms with Crippen LogP contribution >= 0.6 is 0 Å². The molecule has 0 radical (unpaired) electrons. The number of aryl methyl sites for hydroxylation is 1. The van der Waals surface area contributed by atoms with E-state index in [1.54, 1.807) is 0 Å². The number of aromatic nitrogens is 2. The molecule has 4 rings (SSSR count). The molecule has 3 aromatic rings. The maximum absolute atomic E-state index is 12.9. The number of aliphatic hydroxyl groups excluding tert-OH is 1. The zero-order chi connectivity index (χ0) is 19.5. The van der Waals surface area contributed by atoms with E-state index in [-0.39, 0.29) is 12.1 Å². The van der Waals surface area contributed by atoms with Gasteiger partial charge in [-0.2, -0.15) is 5.10 Å². The summed E-state index contributed by atoms with van der Waals surface area (Å²) in [6, 6.07) is 15.6. The Balaban J connectivity index is 1.69. The number of morpholine rings is 1. The Kier molecular flexibility index (Phi) is 5.52. The lowest BCUT2D eigenvalue weighted by atomic mass is 10.0. The third kappa shape index (κ3) is 3.99. The van der Waals surface area contributed by atoms with Crippen LogP contribution in [-0.4, -0.2) is 58.7 Å². The van der Waals surface area contributed by atoms with Crippen LogP contribution in [0.3, 0.4) is 0 Å². The Morgan fingerprint density at radius 2 is 1.71 bits per heavy atom. The van der Waals surface area contributed by atoms with Crippen LogP contribution in [0.5, 0.6) is 0 Å². The van der Waals surface area contributed by atoms with Gasteiger partial charge in [0.05, 0.1) is 36.9 Å². The number of benzene rings is 2. The topological polar surface area (TPSA) is 67.6 Å². The molecule has 0 bridgehead atoms. The standard InChI is InChI=1S/C22H25N3O3/c1-16-6-8-17(9-7-16)21-19-4-2-3-5-20(19)22(27)25(23-21)15-18(26)14-24-10-12-28-13-11-24/h2-9,18,26H,10-15H2,1H3/t18-/m0/s1. The zero-order valence-corrected chi connectivity index (χ0v) is 16.0. The fourth-order valence-electron chi connectivity index (χ4n) is 3.62. The Morgan fingerprint density at radius 1 is 1.04 bits per heavy atom. The van der Waals surface area contributed by atoms with Crippen molar-refractivity contribution in [2.75, 3.05) is 32.8 Å². The number of aliphatic hydroxyl groups is 1. The first kappa shape index (κ1) is 18.8. The summed E-state index contributed by atoms with van der Waals surface area (Å²) in [5.74, 6) is 0. The lowest BCUT2D eigenvalue weighted by molar-refractivity contribution is 0.0106. The fourth-order valence-corrected chi connectivity index (χ4v) is 3.62. The van der Waals surface area contributed by atoms with Gasteiger partial charge in [-0.3, -0.25) is 9.69 Å². The summed E-state index contributed by atoms with van der Waals surface area (Å²) in [5, 5.41) is 16.6. The largest absolute Gasteiger partial charge is 0.390 e. The van der Waals surface area contributed by atoms with Gasteiger partial charge in [0.1, 0.15) is 0 Å². The summed E-state index contributed by atoms with van der Waals surface area (Å²) >= 11 is 0. The van der Waals surface area contributed by atoms with Crippen molar-refractivity contribution < 1.29 is 9.84 Å². The number of hydrogen-bond acceptors (Lipinski definition) is 5. The van der Waals surface area contributed by atoms with Gasteiger partial charge in [-0.05, 0) is 13.0 Å². The van der Waals surface area contributed by atoms with Gasteiger partial charge in [0.25, 0.3) is 5.56 Å². The molecule has 28 heavy (non-hydrogen) atoms. The minimum atomic E-state index is -0.671. The molecule has 6 nitrogen and oxygen atoms in total. The van der Waals surface area contributed by atoms with Gasteiger partial charge in [-0.15, -0.1) is 0 Å². The van der Waals surface area contributed by atoms with Gasteiger partial charge in [0.15, 0.2) is 0 Å². The van der Waals surface area contributed by atoms with E-state index < -0.39 is 6.10 Å². The SMILES string of the molecule is Cc1ccc(-c2nn(C[C@@H](O)CN3CCOCC3)c(=O)c3ccccc23)cc1. The molecule has 1 fully saturated rings. The van der Waals surface area contributed by atoms with E-state index in [1.807, 2.05) is 55.5 Å². The number of nitrogens with zero attached hydrogens (tertiary/aromatic N) is 3. The van der Waals surface area contributed by atoms with Crippen LogP contribution in [0.2, 0.25) is 0 Å². The Labute approximate surface area is 164 Å². The lowest BCUT2D eigenvalue weighted by Gasteiger charge is -2.28. The minimum absolute atomic E-state index is 0.167. The molecule has 146 valence electrons. The first-order valence-corrected chi connectivity index (χ1v) is 9.67. The molecule has 1 aliphatic rings. The molecule has 1 N–H and O–H groups in total. The van der Waals surface area contributed by atoms with Crippen molar-refractivity contribution in [2.24, 2.45) is 0 Å². The van der Waals surface area contributed by atoms with Gasteiger partial charge in [0.2, 0.25) is 0 Å². The molecule has 0 amide bonds. The van der Waals surface area contributed by atoms with Gasteiger partial charge >= 0.3 is 0 Å². The summed E-state index contributed by atoms with van der Waals surface area (Å²) < 4.78 is 6.75. The molecule has 1 atom stereocenters. The van der Waals surface area contributed by atoms with E-state index in [2.05, 4.69) is 10.00 Å². The van der Waals surface area contributed by atoms with Gasteiger partial charge in [-0.25, -0.2) is 4.68 Å². The normalized spacial score (nSPS) is 16.4. The summed E-state index contributed by atoms with van der Waals surface area (Å²) in [5.41, 5.74) is 2.71. The van der Waals surface area contributed by atoms with Crippen LogP contribution in [0, 0.1) is 6.92 Å². The highest BCUT2D eigenvalue weighted by atomic mass is 16.5. The Morgan fingerprint density at radius 3 is 2.43 bits per heavy atom. The van der Waals surface area contributed by atoms with Crippen molar-refractivity contribution in [1.82, 2.24) is 14.7 Å². The Bertz CT molecular complexity index is 1010. The molecular formula is C22H25N3O3. The predicted molar refractivity (Wildman–Crippen MR) is 109 cm³/mol. The molecule has 0 unspecified atom stereocenters. The summed E-state index contributed by atoms with van der Waals surface area (Å²) in [4.78, 5) is 15.1. The molecule has 0 saturated carbocycles. The first-order valence-electron chi connectivity index (χ1n) is 9.67. The van der Waals surface area contributed by atoms with Crippen molar-refractivity contribution in [2.45, 2.75) is 19.6 Å². The smallest absolute Gasteiger partial charge is 0.274 e. The highest BCUT2D eigenvalue weighted by Crippen LogP contribution is 2.24. The minimum Gasteiger partial charge on any atom is -0.390 e. The van der Waals surface area contributed by atoms with Crippen LogP contribution in [0.15, 0.2) is 53.3 Å². The van der Waals surface area contributed by atoms with E-state index in [4.69, 9.17) is 4.74 Å². The molecule has 0 spiro atoms. The van der Waals surface area contributed by atoms with Crippen molar-refractivity contribution in [3.8, 4) is 11.3 Å². The number of hydrogen-bond donors (Lipinski definition) is 1. The van der Waals surface area contributed by atoms with Gasteiger partial charge in [0, 0.05) is 30.6 Å². The maximum atomic E-state index is 12.9. The second-order valence-electron chi connectivity index (χ2n) is 7.31. The molecule has 1 aromatic heterocycles. The molecular weight excluding hydrogens is 354 g/mol. The third-order valence-corrected chi connectivity index (χ3v) is 5.15. The van der Waals surface area contributed by atoms with Gasteiger partial charge < -0.3 is 9.84 Å². The second-order valence-corrected chi connectivity index (χ2v) is 7.31. The van der Waals surface area contributed by atoms with Crippen molar-refractivity contribution in [1.29, 1.82) is 0 Å². The van der Waals surface area contributed by atoms with Crippen LogP contribution < -0.4 is 5.56 Å². The van der Waals surface area contributed by atoms with E-state index in [9.17, 15) is 9.90 Å². The monoisotopic (exact) mass is 379 g/mol. The van der Waals surface area contributed by atoms with Crippen molar-refractivity contribution in [3.63, 3.8) is 0 Å². The molecule has 1 aliphatic heterocycles. The fraction of sp³-hybridized carbons (Fsp3) is 0.364. The molecule has 0 aliphatic carbocycles. The first-order chi connectivity index (χ1) is 13.6. The molecule has 2 aromatic carbocycles. The molecule has 6 heteroatoms. The number of β-amino-alcohol motifs (C(OH)–C–C–N with tert-alkyl or cyclic N) is 1. The highest BCUT2D eigenvalue weighted by molar-refractivity contribution is 5.93. The maximum Gasteiger partial charge on any atom is 0.274 e. The second kappa shape index (κ2) is 8.22. The predicted octanol–water partition coefficient (Wildman–Crippen LogP) is 2.07. The van der Waals surface area contributed by atoms with Crippen LogP contribution in [0.4, 0.5) is 0 Å². The average molecular weight is 379 g/mol. The van der Waals surface area contributed by atoms with Crippen LogP contribution in [-0.2, 0) is 11.3 Å². The quantitative estimate of drug-likeness (QED) is 0.735. The third-order valence-electron chi connectivity index (χ3n) is 5.15. The number of rotatable bonds is 5. The van der Waals surface area contributed by atoms with E-state index in [0.717, 1.165) is 29.7 Å².